The van der Waals surface area contributed by atoms with Crippen LogP contribution >= 0.6 is 11.6 Å². The lowest BCUT2D eigenvalue weighted by atomic mass is 10.1. The quantitative estimate of drug-likeness (QED) is 0.562. The number of hydrogen-bond acceptors (Lipinski definition) is 5. The molecule has 1 amide bonds. The van der Waals surface area contributed by atoms with Gasteiger partial charge in [0.2, 0.25) is 5.91 Å². The van der Waals surface area contributed by atoms with Crippen LogP contribution in [0.3, 0.4) is 0 Å². The molecule has 0 radical (unpaired) electrons. The summed E-state index contributed by atoms with van der Waals surface area (Å²) in [5.74, 6) is 2.92. The maximum atomic E-state index is 12.5. The van der Waals surface area contributed by atoms with Gasteiger partial charge in [-0.25, -0.2) is 14.6 Å². The van der Waals surface area contributed by atoms with Gasteiger partial charge >= 0.3 is 0 Å². The summed E-state index contributed by atoms with van der Waals surface area (Å²) in [4.78, 5) is 26.6. The normalized spacial score (nSPS) is 16.9. The smallest absolute Gasteiger partial charge is 0.225 e. The second kappa shape index (κ2) is 8.70. The van der Waals surface area contributed by atoms with Crippen LogP contribution in [0.4, 0.5) is 5.82 Å². The molecule has 168 valence electrons. The van der Waals surface area contributed by atoms with Crippen molar-refractivity contribution in [3.05, 3.63) is 41.3 Å². The lowest BCUT2D eigenvalue weighted by Crippen LogP contribution is -2.49. The van der Waals surface area contributed by atoms with Crippen LogP contribution in [0.5, 0.6) is 0 Å². The second-order valence-electron chi connectivity index (χ2n) is 9.26. The summed E-state index contributed by atoms with van der Waals surface area (Å²) in [6.45, 7) is 7.46. The average Bonchev–Trinajstić information content (AvgIpc) is 3.56. The molecule has 7 nitrogen and oxygen atoms in total. The van der Waals surface area contributed by atoms with E-state index in [-0.39, 0.29) is 5.92 Å². The van der Waals surface area contributed by atoms with E-state index in [1.165, 1.54) is 0 Å². The maximum absolute atomic E-state index is 12.5. The van der Waals surface area contributed by atoms with Gasteiger partial charge in [0.25, 0.3) is 0 Å². The average molecular weight is 453 g/mol. The van der Waals surface area contributed by atoms with Gasteiger partial charge in [0.15, 0.2) is 5.65 Å². The second-order valence-corrected chi connectivity index (χ2v) is 9.69. The monoisotopic (exact) mass is 452 g/mol. The summed E-state index contributed by atoms with van der Waals surface area (Å²) < 4.78 is 1.85. The summed E-state index contributed by atoms with van der Waals surface area (Å²) in [5.41, 5.74) is 1.68. The first-order chi connectivity index (χ1) is 15.5. The van der Waals surface area contributed by atoms with Crippen LogP contribution in [-0.2, 0) is 11.2 Å². The van der Waals surface area contributed by atoms with Gasteiger partial charge in [0, 0.05) is 43.5 Å². The Hall–Kier alpha value is -2.67. The van der Waals surface area contributed by atoms with Crippen LogP contribution in [0.1, 0.15) is 38.9 Å². The van der Waals surface area contributed by atoms with Crippen LogP contribution < -0.4 is 4.90 Å². The number of halogens is 1. The number of aryl methyl sites for hydroxylation is 1. The minimum absolute atomic E-state index is 0.269. The highest BCUT2D eigenvalue weighted by atomic mass is 35.5. The zero-order valence-corrected chi connectivity index (χ0v) is 19.4. The minimum atomic E-state index is 0.269. The van der Waals surface area contributed by atoms with Crippen molar-refractivity contribution >= 4 is 34.4 Å². The molecule has 32 heavy (non-hydrogen) atoms. The van der Waals surface area contributed by atoms with Crippen molar-refractivity contribution in [3.8, 4) is 5.69 Å². The molecule has 1 aromatic carbocycles. The molecule has 2 aliphatic rings. The molecule has 1 saturated heterocycles. The third-order valence-corrected chi connectivity index (χ3v) is 6.51. The van der Waals surface area contributed by atoms with Crippen LogP contribution in [0.2, 0.25) is 5.02 Å². The highest BCUT2D eigenvalue weighted by molar-refractivity contribution is 6.30. The fourth-order valence-corrected chi connectivity index (χ4v) is 4.42. The number of benzene rings is 1. The molecule has 2 aromatic heterocycles. The summed E-state index contributed by atoms with van der Waals surface area (Å²) in [7, 11) is 0. The van der Waals surface area contributed by atoms with Gasteiger partial charge in [-0.3, -0.25) is 4.79 Å². The SMILES string of the molecule is CC(C)CCc1nc(N2CCN(C(=O)C3CC3)CC2)c2cnn(-c3cccc(Cl)c3)c2n1. The minimum Gasteiger partial charge on any atom is -0.352 e. The third-order valence-electron chi connectivity index (χ3n) is 6.27. The molecule has 1 aliphatic heterocycles. The van der Waals surface area contributed by atoms with Crippen LogP contribution in [0.25, 0.3) is 16.7 Å². The van der Waals surface area contributed by atoms with Gasteiger partial charge in [-0.2, -0.15) is 5.10 Å². The number of rotatable bonds is 6. The fraction of sp³-hybridized carbons (Fsp3) is 0.500. The molecule has 0 N–H and O–H groups in total. The predicted molar refractivity (Wildman–Crippen MR) is 126 cm³/mol. The zero-order valence-electron chi connectivity index (χ0n) is 18.7. The largest absolute Gasteiger partial charge is 0.352 e. The first kappa shape index (κ1) is 21.2. The van der Waals surface area contributed by atoms with E-state index in [2.05, 4.69) is 23.8 Å². The van der Waals surface area contributed by atoms with Gasteiger partial charge < -0.3 is 9.80 Å². The van der Waals surface area contributed by atoms with E-state index in [0.29, 0.717) is 16.8 Å². The molecule has 1 aliphatic carbocycles. The molecule has 2 fully saturated rings. The first-order valence-electron chi connectivity index (χ1n) is 11.5. The van der Waals surface area contributed by atoms with Crippen LogP contribution in [0.15, 0.2) is 30.5 Å². The Bertz CT molecular complexity index is 1130. The van der Waals surface area contributed by atoms with E-state index in [4.69, 9.17) is 21.6 Å². The summed E-state index contributed by atoms with van der Waals surface area (Å²) >= 11 is 6.23. The fourth-order valence-electron chi connectivity index (χ4n) is 4.23. The Balaban J connectivity index is 1.49. The predicted octanol–water partition coefficient (Wildman–Crippen LogP) is 4.12. The molecule has 0 spiro atoms. The van der Waals surface area contributed by atoms with Gasteiger partial charge in [-0.1, -0.05) is 31.5 Å². The highest BCUT2D eigenvalue weighted by Crippen LogP contribution is 2.32. The molecule has 0 atom stereocenters. The number of piperazine rings is 1. The Morgan fingerprint density at radius 1 is 1.16 bits per heavy atom. The maximum Gasteiger partial charge on any atom is 0.225 e. The number of carbonyl (C=O) groups excluding carboxylic acids is 1. The van der Waals surface area contributed by atoms with Crippen LogP contribution in [0, 0.1) is 11.8 Å². The number of amides is 1. The van der Waals surface area contributed by atoms with Crippen molar-refractivity contribution in [2.45, 2.75) is 39.5 Å². The lowest BCUT2D eigenvalue weighted by molar-refractivity contribution is -0.132. The number of fused-ring (bicyclic) bond motifs is 1. The number of hydrogen-bond donors (Lipinski definition) is 0. The van der Waals surface area contributed by atoms with E-state index < -0.39 is 0 Å². The molecule has 8 heteroatoms. The summed E-state index contributed by atoms with van der Waals surface area (Å²) in [6.07, 6.45) is 5.79. The number of anilines is 1. The van der Waals surface area contributed by atoms with E-state index in [0.717, 1.165) is 80.2 Å². The molecular weight excluding hydrogens is 424 g/mol. The van der Waals surface area contributed by atoms with E-state index in [9.17, 15) is 4.79 Å². The van der Waals surface area contributed by atoms with Gasteiger partial charge in [0.05, 0.1) is 17.3 Å². The lowest BCUT2D eigenvalue weighted by Gasteiger charge is -2.35. The summed E-state index contributed by atoms with van der Waals surface area (Å²) in [6, 6.07) is 7.65. The van der Waals surface area contributed by atoms with Crippen molar-refractivity contribution < 1.29 is 4.79 Å². The molecule has 0 unspecified atom stereocenters. The van der Waals surface area contributed by atoms with Crippen LogP contribution in [-0.4, -0.2) is 56.7 Å². The number of nitrogens with zero attached hydrogens (tertiary/aromatic N) is 6. The Morgan fingerprint density at radius 3 is 2.62 bits per heavy atom. The number of aromatic nitrogens is 4. The van der Waals surface area contributed by atoms with Gasteiger partial charge in [-0.05, 0) is 43.4 Å². The van der Waals surface area contributed by atoms with Gasteiger partial charge in [0.1, 0.15) is 11.6 Å². The molecule has 1 saturated carbocycles. The van der Waals surface area contributed by atoms with E-state index >= 15 is 0 Å². The molecule has 0 bridgehead atoms. The Morgan fingerprint density at radius 2 is 1.94 bits per heavy atom. The topological polar surface area (TPSA) is 67.2 Å². The first-order valence-corrected chi connectivity index (χ1v) is 11.9. The Labute approximate surface area is 193 Å². The van der Waals surface area contributed by atoms with Crippen molar-refractivity contribution in [1.29, 1.82) is 0 Å². The molecular formula is C24H29ClN6O. The third kappa shape index (κ3) is 4.31. The molecule has 5 rings (SSSR count). The number of carbonyl (C=O) groups is 1. The standard InChI is InChI=1S/C24H29ClN6O/c1-16(2)6-9-21-27-22(29-10-12-30(13-11-29)24(32)17-7-8-17)20-15-26-31(23(20)28-21)19-5-3-4-18(25)14-19/h3-5,14-17H,6-13H2,1-2H3. The van der Waals surface area contributed by atoms with Crippen molar-refractivity contribution in [2.75, 3.05) is 31.1 Å². The van der Waals surface area contributed by atoms with Gasteiger partial charge in [-0.15, -0.1) is 0 Å². The van der Waals surface area contributed by atoms with E-state index in [1.54, 1.807) is 0 Å². The molecule has 3 heterocycles. The highest BCUT2D eigenvalue weighted by Gasteiger charge is 2.35. The Kier molecular flexibility index (Phi) is 5.76. The van der Waals surface area contributed by atoms with Crippen molar-refractivity contribution in [3.63, 3.8) is 0 Å². The van der Waals surface area contributed by atoms with Crippen molar-refractivity contribution in [1.82, 2.24) is 24.6 Å². The molecule has 3 aromatic rings. The zero-order chi connectivity index (χ0) is 22.2. The van der Waals surface area contributed by atoms with E-state index in [1.807, 2.05) is 40.0 Å². The summed E-state index contributed by atoms with van der Waals surface area (Å²) in [5, 5.41) is 6.23. The van der Waals surface area contributed by atoms with Crippen molar-refractivity contribution in [2.24, 2.45) is 11.8 Å².